The summed E-state index contributed by atoms with van der Waals surface area (Å²) in [6.45, 7) is 2.23. The molecule has 4 nitrogen and oxygen atoms in total. The van der Waals surface area contributed by atoms with Crippen LogP contribution < -0.4 is 0 Å². The molecule has 0 fully saturated rings. The van der Waals surface area contributed by atoms with Gasteiger partial charge in [-0.1, -0.05) is 76.8 Å². The molecule has 1 aliphatic heterocycles. The third kappa shape index (κ3) is 5.50. The molecule has 0 N–H and O–H groups in total. The van der Waals surface area contributed by atoms with Crippen LogP contribution in [-0.2, 0) is 11.0 Å². The van der Waals surface area contributed by atoms with Gasteiger partial charge in [0.25, 0.3) is 11.8 Å². The van der Waals surface area contributed by atoms with Gasteiger partial charge in [-0.3, -0.25) is 9.59 Å². The number of benzene rings is 1. The lowest BCUT2D eigenvalue weighted by atomic mass is 10.1. The van der Waals surface area contributed by atoms with Gasteiger partial charge in [-0.15, -0.1) is 0 Å². The molecule has 1 aromatic rings. The summed E-state index contributed by atoms with van der Waals surface area (Å²) in [6.07, 6.45) is 12.0. The molecule has 0 spiro atoms. The number of carbonyl (C=O) groups excluding carboxylic acids is 2. The van der Waals surface area contributed by atoms with Crippen LogP contribution in [0.4, 0.5) is 0 Å². The van der Waals surface area contributed by atoms with Crippen molar-refractivity contribution in [2.75, 3.05) is 5.75 Å². The molecule has 1 heterocycles. The zero-order valence-corrected chi connectivity index (χ0v) is 16.0. The Morgan fingerprint density at radius 1 is 0.760 bits per heavy atom. The molecule has 0 aliphatic carbocycles. The molecule has 5 heteroatoms. The Bertz CT molecular complexity index is 580. The lowest BCUT2D eigenvalue weighted by molar-refractivity contribution is 0.0771. The van der Waals surface area contributed by atoms with Crippen molar-refractivity contribution in [2.45, 2.75) is 71.1 Å². The fraction of sp³-hybridized carbons (Fsp3) is 0.600. The van der Waals surface area contributed by atoms with Crippen LogP contribution in [0.3, 0.4) is 0 Å². The Labute approximate surface area is 153 Å². The smallest absolute Gasteiger partial charge is 0.268 e. The highest BCUT2D eigenvalue weighted by atomic mass is 32.2. The van der Waals surface area contributed by atoms with Crippen molar-refractivity contribution >= 4 is 22.8 Å². The normalized spacial score (nSPS) is 14.8. The largest absolute Gasteiger partial charge is 0.273 e. The van der Waals surface area contributed by atoms with Gasteiger partial charge in [0.1, 0.15) is 11.0 Å². The van der Waals surface area contributed by atoms with Gasteiger partial charge >= 0.3 is 0 Å². The number of imide groups is 1. The monoisotopic (exact) mass is 363 g/mol. The van der Waals surface area contributed by atoms with E-state index >= 15 is 0 Å². The zero-order chi connectivity index (χ0) is 18.1. The standard InChI is InChI=1S/C20H29NO3S/c1-2-3-4-5-6-7-8-9-10-13-16-25(24)21-19(22)17-14-11-12-15-18(17)20(21)23/h11-12,14-15H,2-10,13,16H2,1H3. The van der Waals surface area contributed by atoms with E-state index in [1.807, 2.05) is 0 Å². The lowest BCUT2D eigenvalue weighted by Crippen LogP contribution is -2.33. The van der Waals surface area contributed by atoms with Crippen molar-refractivity contribution in [3.05, 3.63) is 35.4 Å². The Balaban J connectivity index is 1.62. The van der Waals surface area contributed by atoms with Crippen LogP contribution in [0.1, 0.15) is 91.8 Å². The van der Waals surface area contributed by atoms with Gasteiger partial charge in [0.2, 0.25) is 0 Å². The fourth-order valence-corrected chi connectivity index (χ4v) is 4.36. The average molecular weight is 364 g/mol. The highest BCUT2D eigenvalue weighted by Crippen LogP contribution is 2.24. The molecule has 1 atom stereocenters. The van der Waals surface area contributed by atoms with E-state index in [1.54, 1.807) is 24.3 Å². The second-order valence-corrected chi connectivity index (χ2v) is 8.07. The molecule has 1 unspecified atom stereocenters. The predicted octanol–water partition coefficient (Wildman–Crippen LogP) is 4.87. The minimum atomic E-state index is -1.56. The second-order valence-electron chi connectivity index (χ2n) is 6.66. The SMILES string of the molecule is CCCCCCCCCCCCS(=O)N1C(=O)c2ccccc2C1=O. The maximum Gasteiger partial charge on any atom is 0.273 e. The van der Waals surface area contributed by atoms with Gasteiger partial charge in [0.15, 0.2) is 0 Å². The van der Waals surface area contributed by atoms with Crippen molar-refractivity contribution in [2.24, 2.45) is 0 Å². The zero-order valence-electron chi connectivity index (χ0n) is 15.2. The maximum atomic E-state index is 12.4. The number of hydrogen-bond acceptors (Lipinski definition) is 3. The molecule has 0 aromatic heterocycles. The first-order valence-electron chi connectivity index (χ1n) is 9.53. The van der Waals surface area contributed by atoms with E-state index in [1.165, 1.54) is 44.9 Å². The molecule has 2 amide bonds. The van der Waals surface area contributed by atoms with Crippen LogP contribution in [0.15, 0.2) is 24.3 Å². The Morgan fingerprint density at radius 3 is 1.68 bits per heavy atom. The third-order valence-electron chi connectivity index (χ3n) is 4.63. The predicted molar refractivity (Wildman–Crippen MR) is 102 cm³/mol. The van der Waals surface area contributed by atoms with Crippen LogP contribution in [0, 0.1) is 0 Å². The summed E-state index contributed by atoms with van der Waals surface area (Å²) in [5, 5.41) is 0. The number of fused-ring (bicyclic) bond motifs is 1. The van der Waals surface area contributed by atoms with Crippen molar-refractivity contribution in [1.82, 2.24) is 4.31 Å². The molecular weight excluding hydrogens is 334 g/mol. The highest BCUT2D eigenvalue weighted by molar-refractivity contribution is 7.83. The molecule has 0 saturated carbocycles. The summed E-state index contributed by atoms with van der Waals surface area (Å²) < 4.78 is 13.3. The first kappa shape index (κ1) is 19.8. The molecule has 138 valence electrons. The van der Waals surface area contributed by atoms with E-state index in [2.05, 4.69) is 6.92 Å². The van der Waals surface area contributed by atoms with Gasteiger partial charge in [-0.25, -0.2) is 4.21 Å². The summed E-state index contributed by atoms with van der Waals surface area (Å²) in [5.41, 5.74) is 0.729. The van der Waals surface area contributed by atoms with E-state index in [-0.39, 0.29) is 0 Å². The van der Waals surface area contributed by atoms with Crippen LogP contribution in [0.2, 0.25) is 0 Å². The number of rotatable bonds is 12. The van der Waals surface area contributed by atoms with E-state index in [4.69, 9.17) is 0 Å². The third-order valence-corrected chi connectivity index (χ3v) is 6.01. The molecule has 1 aliphatic rings. The average Bonchev–Trinajstić information content (AvgIpc) is 2.88. The minimum absolute atomic E-state index is 0.365. The Kier molecular flexibility index (Phi) is 8.32. The summed E-state index contributed by atoms with van der Waals surface area (Å²) >= 11 is 0. The lowest BCUT2D eigenvalue weighted by Gasteiger charge is -2.12. The van der Waals surface area contributed by atoms with Crippen LogP contribution in [-0.4, -0.2) is 26.1 Å². The first-order valence-corrected chi connectivity index (χ1v) is 10.8. The van der Waals surface area contributed by atoms with Crippen molar-refractivity contribution in [3.8, 4) is 0 Å². The number of nitrogens with zero attached hydrogens (tertiary/aromatic N) is 1. The van der Waals surface area contributed by atoms with Crippen LogP contribution >= 0.6 is 0 Å². The van der Waals surface area contributed by atoms with Gasteiger partial charge < -0.3 is 0 Å². The van der Waals surface area contributed by atoms with E-state index in [0.717, 1.165) is 23.6 Å². The van der Waals surface area contributed by atoms with Crippen molar-refractivity contribution in [1.29, 1.82) is 0 Å². The molecule has 2 rings (SSSR count). The van der Waals surface area contributed by atoms with Crippen LogP contribution in [0.5, 0.6) is 0 Å². The molecule has 25 heavy (non-hydrogen) atoms. The van der Waals surface area contributed by atoms with Crippen molar-refractivity contribution < 1.29 is 13.8 Å². The minimum Gasteiger partial charge on any atom is -0.268 e. The van der Waals surface area contributed by atoms with E-state index in [0.29, 0.717) is 16.9 Å². The molecule has 1 aromatic carbocycles. The Hall–Kier alpha value is -1.49. The van der Waals surface area contributed by atoms with Gasteiger partial charge in [-0.05, 0) is 18.6 Å². The van der Waals surface area contributed by atoms with Gasteiger partial charge in [-0.2, -0.15) is 4.31 Å². The van der Waals surface area contributed by atoms with E-state index < -0.39 is 22.8 Å². The Morgan fingerprint density at radius 2 is 1.20 bits per heavy atom. The quantitative estimate of drug-likeness (QED) is 0.393. The molecule has 0 radical (unpaired) electrons. The van der Waals surface area contributed by atoms with Crippen LogP contribution in [0.25, 0.3) is 0 Å². The van der Waals surface area contributed by atoms with Crippen molar-refractivity contribution in [3.63, 3.8) is 0 Å². The first-order chi connectivity index (χ1) is 12.2. The number of amides is 2. The summed E-state index contributed by atoms with van der Waals surface area (Å²) in [4.78, 5) is 24.5. The molecular formula is C20H29NO3S. The molecule has 0 saturated heterocycles. The topological polar surface area (TPSA) is 54.5 Å². The maximum absolute atomic E-state index is 12.4. The summed E-state index contributed by atoms with van der Waals surface area (Å²) in [5.74, 6) is -0.473. The van der Waals surface area contributed by atoms with Gasteiger partial charge in [0.05, 0.1) is 11.1 Å². The number of hydrogen-bond donors (Lipinski definition) is 0. The highest BCUT2D eigenvalue weighted by Gasteiger charge is 2.38. The fourth-order valence-electron chi connectivity index (χ4n) is 3.16. The summed E-state index contributed by atoms with van der Waals surface area (Å²) in [7, 11) is -1.56. The van der Waals surface area contributed by atoms with Gasteiger partial charge in [0, 0.05) is 5.75 Å². The molecule has 0 bridgehead atoms. The van der Waals surface area contributed by atoms with E-state index in [9.17, 15) is 13.8 Å². The second kappa shape index (κ2) is 10.5. The number of carbonyl (C=O) groups is 2. The number of unbranched alkanes of at least 4 members (excludes halogenated alkanes) is 9. The summed E-state index contributed by atoms with van der Waals surface area (Å²) in [6, 6.07) is 6.68.